The molecular formula is C18H16N2O2S. The molecule has 0 unspecified atom stereocenters. The van der Waals surface area contributed by atoms with Gasteiger partial charge in [0.2, 0.25) is 0 Å². The largest absolute Gasteiger partial charge is 0.481 e. The van der Waals surface area contributed by atoms with Crippen molar-refractivity contribution in [3.05, 3.63) is 70.8 Å². The normalized spacial score (nSPS) is 11.6. The molecule has 116 valence electrons. The first-order chi connectivity index (χ1) is 11.2. The van der Waals surface area contributed by atoms with Crippen molar-refractivity contribution in [1.29, 1.82) is 0 Å². The van der Waals surface area contributed by atoms with Crippen molar-refractivity contribution in [2.45, 2.75) is 13.0 Å². The second-order valence-electron chi connectivity index (χ2n) is 5.01. The molecule has 0 radical (unpaired) electrons. The minimum Gasteiger partial charge on any atom is -0.481 e. The smallest absolute Gasteiger partial charge is 0.305 e. The number of nitrogens with zero attached hydrogens (tertiary/aromatic N) is 2. The lowest BCUT2D eigenvalue weighted by Gasteiger charge is -2.07. The number of carboxylic acid groups (broad SMARTS) is 1. The molecule has 0 aliphatic carbocycles. The van der Waals surface area contributed by atoms with Gasteiger partial charge in [-0.1, -0.05) is 48.5 Å². The Morgan fingerprint density at radius 2 is 1.70 bits per heavy atom. The van der Waals surface area contributed by atoms with Gasteiger partial charge in [-0.05, 0) is 17.7 Å². The summed E-state index contributed by atoms with van der Waals surface area (Å²) >= 11 is 1.52. The van der Waals surface area contributed by atoms with E-state index in [2.05, 4.69) is 4.99 Å². The first kappa shape index (κ1) is 15.2. The van der Waals surface area contributed by atoms with E-state index < -0.39 is 5.97 Å². The quantitative estimate of drug-likeness (QED) is 0.773. The molecule has 23 heavy (non-hydrogen) atoms. The van der Waals surface area contributed by atoms with E-state index in [4.69, 9.17) is 5.11 Å². The second kappa shape index (κ2) is 7.07. The van der Waals surface area contributed by atoms with Crippen LogP contribution in [0.15, 0.2) is 71.0 Å². The van der Waals surface area contributed by atoms with Crippen molar-refractivity contribution < 1.29 is 9.90 Å². The summed E-state index contributed by atoms with van der Waals surface area (Å²) < 4.78 is 1.97. The highest BCUT2D eigenvalue weighted by molar-refractivity contribution is 7.07. The van der Waals surface area contributed by atoms with Gasteiger partial charge in [0.05, 0.1) is 17.8 Å². The number of thiazole rings is 1. The standard InChI is InChI=1S/C18H16N2O2S/c21-17(22)11-12-20-16(14-7-3-1-4-8-14)13-23-18(20)19-15-9-5-2-6-10-15/h1-10,13H,11-12H2,(H,21,22). The number of benzene rings is 2. The highest BCUT2D eigenvalue weighted by atomic mass is 32.1. The van der Waals surface area contributed by atoms with E-state index in [0.29, 0.717) is 6.54 Å². The number of carbonyl (C=O) groups is 1. The van der Waals surface area contributed by atoms with E-state index in [1.54, 1.807) is 0 Å². The van der Waals surface area contributed by atoms with Crippen molar-refractivity contribution in [1.82, 2.24) is 4.57 Å². The first-order valence-corrected chi connectivity index (χ1v) is 8.17. The monoisotopic (exact) mass is 324 g/mol. The number of hydrogen-bond acceptors (Lipinski definition) is 3. The summed E-state index contributed by atoms with van der Waals surface area (Å²) in [5.41, 5.74) is 2.91. The maximum absolute atomic E-state index is 11.0. The van der Waals surface area contributed by atoms with Crippen LogP contribution in [0.4, 0.5) is 5.69 Å². The third-order valence-electron chi connectivity index (χ3n) is 3.40. The zero-order valence-corrected chi connectivity index (χ0v) is 13.2. The molecule has 0 saturated heterocycles. The number of para-hydroxylation sites is 1. The van der Waals surface area contributed by atoms with Crippen molar-refractivity contribution in [3.8, 4) is 11.3 Å². The molecule has 3 aromatic rings. The van der Waals surface area contributed by atoms with E-state index in [1.165, 1.54) is 11.3 Å². The molecule has 4 nitrogen and oxygen atoms in total. The number of aromatic nitrogens is 1. The average Bonchev–Trinajstić information content (AvgIpc) is 2.97. The molecule has 1 N–H and O–H groups in total. The number of aliphatic carboxylic acids is 1. The molecule has 2 aromatic carbocycles. The van der Waals surface area contributed by atoms with Crippen molar-refractivity contribution in [3.63, 3.8) is 0 Å². The van der Waals surface area contributed by atoms with E-state index in [0.717, 1.165) is 21.7 Å². The maximum Gasteiger partial charge on any atom is 0.305 e. The number of rotatable bonds is 5. The molecule has 1 heterocycles. The summed E-state index contributed by atoms with van der Waals surface area (Å²) in [4.78, 5) is 16.4. The van der Waals surface area contributed by atoms with Gasteiger partial charge in [-0.3, -0.25) is 4.79 Å². The summed E-state index contributed by atoms with van der Waals surface area (Å²) in [5, 5.41) is 11.0. The minimum absolute atomic E-state index is 0.0680. The summed E-state index contributed by atoms with van der Waals surface area (Å²) in [6.07, 6.45) is 0.0680. The van der Waals surface area contributed by atoms with Gasteiger partial charge in [-0.2, -0.15) is 0 Å². The molecule has 1 aromatic heterocycles. The Bertz CT molecular complexity index is 851. The summed E-state index contributed by atoms with van der Waals surface area (Å²) in [7, 11) is 0. The molecule has 0 atom stereocenters. The maximum atomic E-state index is 11.0. The van der Waals surface area contributed by atoms with Crippen LogP contribution < -0.4 is 4.80 Å². The Morgan fingerprint density at radius 1 is 1.04 bits per heavy atom. The van der Waals surface area contributed by atoms with Gasteiger partial charge in [0.25, 0.3) is 0 Å². The van der Waals surface area contributed by atoms with Crippen LogP contribution in [0.1, 0.15) is 6.42 Å². The molecular weight excluding hydrogens is 308 g/mol. The van der Waals surface area contributed by atoms with E-state index in [9.17, 15) is 4.79 Å². The van der Waals surface area contributed by atoms with Crippen LogP contribution in [0.2, 0.25) is 0 Å². The molecule has 0 bridgehead atoms. The van der Waals surface area contributed by atoms with Crippen LogP contribution >= 0.6 is 11.3 Å². The third kappa shape index (κ3) is 3.76. The zero-order valence-electron chi connectivity index (χ0n) is 12.4. The lowest BCUT2D eigenvalue weighted by Crippen LogP contribution is -2.17. The van der Waals surface area contributed by atoms with Gasteiger partial charge in [0.15, 0.2) is 4.80 Å². The molecule has 5 heteroatoms. The Kier molecular flexibility index (Phi) is 4.68. The summed E-state index contributed by atoms with van der Waals surface area (Å²) in [6.45, 7) is 0.398. The first-order valence-electron chi connectivity index (χ1n) is 7.29. The van der Waals surface area contributed by atoms with Crippen LogP contribution in [0.25, 0.3) is 11.3 Å². The molecule has 0 spiro atoms. The minimum atomic E-state index is -0.812. The molecule has 0 fully saturated rings. The fourth-order valence-electron chi connectivity index (χ4n) is 2.29. The summed E-state index contributed by atoms with van der Waals surface area (Å²) in [6, 6.07) is 19.6. The topological polar surface area (TPSA) is 54.6 Å². The Morgan fingerprint density at radius 3 is 2.35 bits per heavy atom. The fourth-order valence-corrected chi connectivity index (χ4v) is 3.25. The Hall–Kier alpha value is -2.66. The average molecular weight is 324 g/mol. The van der Waals surface area contributed by atoms with Crippen molar-refractivity contribution in [2.24, 2.45) is 4.99 Å². The second-order valence-corrected chi connectivity index (χ2v) is 5.85. The van der Waals surface area contributed by atoms with Crippen LogP contribution in [0.5, 0.6) is 0 Å². The zero-order chi connectivity index (χ0) is 16.1. The Balaban J connectivity index is 2.08. The van der Waals surface area contributed by atoms with E-state index >= 15 is 0 Å². The molecule has 3 rings (SSSR count). The predicted octanol–water partition coefficient (Wildman–Crippen LogP) is 3.92. The van der Waals surface area contributed by atoms with Gasteiger partial charge in [0, 0.05) is 11.9 Å². The molecule has 0 aliphatic heterocycles. The highest BCUT2D eigenvalue weighted by Crippen LogP contribution is 2.20. The third-order valence-corrected chi connectivity index (χ3v) is 4.26. The predicted molar refractivity (Wildman–Crippen MR) is 91.7 cm³/mol. The van der Waals surface area contributed by atoms with Gasteiger partial charge in [0.1, 0.15) is 0 Å². The van der Waals surface area contributed by atoms with Gasteiger partial charge >= 0.3 is 5.97 Å². The van der Waals surface area contributed by atoms with Gasteiger partial charge < -0.3 is 9.67 Å². The van der Waals surface area contributed by atoms with Crippen LogP contribution in [0, 0.1) is 0 Å². The number of hydrogen-bond donors (Lipinski definition) is 1. The van der Waals surface area contributed by atoms with Gasteiger partial charge in [-0.25, -0.2) is 4.99 Å². The van der Waals surface area contributed by atoms with E-state index in [1.807, 2.05) is 70.6 Å². The van der Waals surface area contributed by atoms with E-state index in [-0.39, 0.29) is 6.42 Å². The number of carboxylic acids is 1. The SMILES string of the molecule is O=C(O)CCn1c(-c2ccccc2)csc1=Nc1ccccc1. The van der Waals surface area contributed by atoms with Crippen molar-refractivity contribution in [2.75, 3.05) is 0 Å². The molecule has 0 aliphatic rings. The van der Waals surface area contributed by atoms with Crippen molar-refractivity contribution >= 4 is 23.0 Å². The summed E-state index contributed by atoms with van der Waals surface area (Å²) in [5.74, 6) is -0.812. The Labute approximate surface area is 138 Å². The highest BCUT2D eigenvalue weighted by Gasteiger charge is 2.09. The lowest BCUT2D eigenvalue weighted by molar-refractivity contribution is -0.137. The van der Waals surface area contributed by atoms with Crippen LogP contribution in [-0.4, -0.2) is 15.6 Å². The van der Waals surface area contributed by atoms with Crippen LogP contribution in [0.3, 0.4) is 0 Å². The lowest BCUT2D eigenvalue weighted by atomic mass is 10.2. The molecule has 0 amide bonds. The van der Waals surface area contributed by atoms with Gasteiger partial charge in [-0.15, -0.1) is 11.3 Å². The molecule has 0 saturated carbocycles. The van der Waals surface area contributed by atoms with Crippen LogP contribution in [-0.2, 0) is 11.3 Å². The fraction of sp³-hybridized carbons (Fsp3) is 0.111.